The molecule has 1 fully saturated rings. The number of amides is 1. The fourth-order valence-corrected chi connectivity index (χ4v) is 4.04. The summed E-state index contributed by atoms with van der Waals surface area (Å²) in [5, 5.41) is 7.76. The van der Waals surface area contributed by atoms with Crippen LogP contribution in [-0.4, -0.2) is 21.7 Å². The van der Waals surface area contributed by atoms with Crippen LogP contribution in [0.3, 0.4) is 0 Å². The molecular formula is C19H33N3O. The van der Waals surface area contributed by atoms with E-state index in [-0.39, 0.29) is 11.3 Å². The molecule has 1 N–H and O–H groups in total. The first-order valence-corrected chi connectivity index (χ1v) is 8.98. The number of aryl methyl sites for hydroxylation is 2. The zero-order valence-corrected chi connectivity index (χ0v) is 15.7. The van der Waals surface area contributed by atoms with Gasteiger partial charge in [-0.25, -0.2) is 0 Å². The lowest BCUT2D eigenvalue weighted by Gasteiger charge is -2.40. The van der Waals surface area contributed by atoms with Gasteiger partial charge in [-0.1, -0.05) is 33.6 Å². The Morgan fingerprint density at radius 2 is 1.91 bits per heavy atom. The van der Waals surface area contributed by atoms with E-state index in [1.807, 2.05) is 18.7 Å². The molecule has 0 radical (unpaired) electrons. The van der Waals surface area contributed by atoms with Gasteiger partial charge in [0.15, 0.2) is 0 Å². The summed E-state index contributed by atoms with van der Waals surface area (Å²) in [5.41, 5.74) is 3.69. The lowest BCUT2D eigenvalue weighted by Crippen LogP contribution is -2.46. The second-order valence-electron chi connectivity index (χ2n) is 8.20. The minimum Gasteiger partial charge on any atom is -0.353 e. The van der Waals surface area contributed by atoms with E-state index in [0.717, 1.165) is 18.5 Å². The van der Waals surface area contributed by atoms with Crippen molar-refractivity contribution in [3.63, 3.8) is 0 Å². The molecule has 1 aromatic rings. The highest BCUT2D eigenvalue weighted by Gasteiger charge is 2.34. The van der Waals surface area contributed by atoms with Crippen LogP contribution in [0, 0.1) is 25.2 Å². The van der Waals surface area contributed by atoms with E-state index in [0.29, 0.717) is 18.4 Å². The van der Waals surface area contributed by atoms with Crippen molar-refractivity contribution in [3.05, 3.63) is 17.0 Å². The molecule has 2 unspecified atom stereocenters. The smallest absolute Gasteiger partial charge is 0.220 e. The predicted molar refractivity (Wildman–Crippen MR) is 94.3 cm³/mol. The third-order valence-corrected chi connectivity index (χ3v) is 5.49. The summed E-state index contributed by atoms with van der Waals surface area (Å²) >= 11 is 0. The first-order valence-electron chi connectivity index (χ1n) is 8.98. The number of carbonyl (C=O) groups excluding carboxylic acids is 1. The number of aromatic nitrogens is 2. The molecule has 1 aliphatic carbocycles. The van der Waals surface area contributed by atoms with Gasteiger partial charge >= 0.3 is 0 Å². The first-order chi connectivity index (χ1) is 10.7. The van der Waals surface area contributed by atoms with E-state index < -0.39 is 0 Å². The van der Waals surface area contributed by atoms with Crippen LogP contribution in [0.5, 0.6) is 0 Å². The Bertz CT molecular complexity index is 554. The van der Waals surface area contributed by atoms with Gasteiger partial charge in [-0.3, -0.25) is 9.48 Å². The lowest BCUT2D eigenvalue weighted by molar-refractivity contribution is -0.122. The van der Waals surface area contributed by atoms with Crippen molar-refractivity contribution >= 4 is 5.91 Å². The van der Waals surface area contributed by atoms with Crippen LogP contribution in [0.2, 0.25) is 0 Å². The normalized spacial score (nSPS) is 22.2. The minimum absolute atomic E-state index is 0.189. The minimum atomic E-state index is 0.189. The van der Waals surface area contributed by atoms with Crippen LogP contribution < -0.4 is 5.32 Å². The summed E-state index contributed by atoms with van der Waals surface area (Å²) in [4.78, 5) is 12.4. The van der Waals surface area contributed by atoms with Gasteiger partial charge < -0.3 is 5.32 Å². The Hall–Kier alpha value is -1.32. The Kier molecular flexibility index (Phi) is 5.53. The monoisotopic (exact) mass is 319 g/mol. The molecule has 0 bridgehead atoms. The summed E-state index contributed by atoms with van der Waals surface area (Å²) in [7, 11) is 1.96. The van der Waals surface area contributed by atoms with Crippen molar-refractivity contribution in [2.75, 3.05) is 0 Å². The maximum absolute atomic E-state index is 12.4. The highest BCUT2D eigenvalue weighted by atomic mass is 16.1. The van der Waals surface area contributed by atoms with Gasteiger partial charge in [0.25, 0.3) is 0 Å². The number of hydrogen-bond donors (Lipinski definition) is 1. The maximum atomic E-state index is 12.4. The van der Waals surface area contributed by atoms with Gasteiger partial charge in [-0.2, -0.15) is 5.10 Å². The molecule has 1 aliphatic rings. The molecule has 0 aliphatic heterocycles. The van der Waals surface area contributed by atoms with Crippen molar-refractivity contribution in [2.45, 2.75) is 79.2 Å². The van der Waals surface area contributed by atoms with Crippen molar-refractivity contribution < 1.29 is 4.79 Å². The average Bonchev–Trinajstić information content (AvgIpc) is 2.69. The summed E-state index contributed by atoms with van der Waals surface area (Å²) in [6.45, 7) is 11.0. The second kappa shape index (κ2) is 7.06. The zero-order chi connectivity index (χ0) is 17.2. The highest BCUT2D eigenvalue weighted by Crippen LogP contribution is 2.38. The zero-order valence-electron chi connectivity index (χ0n) is 15.7. The maximum Gasteiger partial charge on any atom is 0.220 e. The molecule has 1 aromatic heterocycles. The van der Waals surface area contributed by atoms with Gasteiger partial charge in [-0.15, -0.1) is 0 Å². The van der Waals surface area contributed by atoms with Crippen LogP contribution in [0.25, 0.3) is 0 Å². The summed E-state index contributed by atoms with van der Waals surface area (Å²) in [6, 6.07) is 0.340. The summed E-state index contributed by atoms with van der Waals surface area (Å²) in [5.74, 6) is 0.774. The van der Waals surface area contributed by atoms with Gasteiger partial charge in [0.1, 0.15) is 0 Å². The third kappa shape index (κ3) is 4.36. The molecule has 2 rings (SSSR count). The standard InChI is InChI=1S/C19H33N3O/c1-13-15(14(2)22(6)21-13)11-12-18(23)20-17-10-8-7-9-16(17)19(3,4)5/h16-17H,7-12H2,1-6H3,(H,20,23). The van der Waals surface area contributed by atoms with Crippen molar-refractivity contribution in [3.8, 4) is 0 Å². The Morgan fingerprint density at radius 1 is 1.26 bits per heavy atom. The largest absolute Gasteiger partial charge is 0.353 e. The van der Waals surface area contributed by atoms with E-state index in [1.165, 1.54) is 30.5 Å². The van der Waals surface area contributed by atoms with Crippen LogP contribution in [0.4, 0.5) is 0 Å². The quantitative estimate of drug-likeness (QED) is 0.920. The highest BCUT2D eigenvalue weighted by molar-refractivity contribution is 5.76. The van der Waals surface area contributed by atoms with Gasteiger partial charge in [-0.05, 0) is 50.0 Å². The van der Waals surface area contributed by atoms with Crippen LogP contribution in [0.1, 0.15) is 69.8 Å². The van der Waals surface area contributed by atoms with Crippen LogP contribution >= 0.6 is 0 Å². The van der Waals surface area contributed by atoms with Crippen LogP contribution in [0.15, 0.2) is 0 Å². The molecule has 1 amide bonds. The van der Waals surface area contributed by atoms with Crippen molar-refractivity contribution in [1.82, 2.24) is 15.1 Å². The van der Waals surface area contributed by atoms with Gasteiger partial charge in [0, 0.05) is 25.2 Å². The van der Waals surface area contributed by atoms with E-state index in [9.17, 15) is 4.79 Å². The van der Waals surface area contributed by atoms with Crippen molar-refractivity contribution in [2.24, 2.45) is 18.4 Å². The Morgan fingerprint density at radius 3 is 2.48 bits per heavy atom. The fourth-order valence-electron chi connectivity index (χ4n) is 4.04. The molecule has 130 valence electrons. The fraction of sp³-hybridized carbons (Fsp3) is 0.789. The molecule has 1 heterocycles. The number of rotatable bonds is 4. The average molecular weight is 319 g/mol. The summed E-state index contributed by atoms with van der Waals surface area (Å²) < 4.78 is 1.90. The molecule has 1 saturated carbocycles. The van der Waals surface area contributed by atoms with E-state index in [4.69, 9.17) is 0 Å². The van der Waals surface area contributed by atoms with Gasteiger partial charge in [0.2, 0.25) is 5.91 Å². The van der Waals surface area contributed by atoms with E-state index in [1.54, 1.807) is 0 Å². The Labute approximate surface area is 141 Å². The Balaban J connectivity index is 1.93. The number of nitrogens with zero attached hydrogens (tertiary/aromatic N) is 2. The van der Waals surface area contributed by atoms with Crippen LogP contribution in [-0.2, 0) is 18.3 Å². The molecular weight excluding hydrogens is 286 g/mol. The van der Waals surface area contributed by atoms with E-state index >= 15 is 0 Å². The first kappa shape index (κ1) is 18.0. The number of carbonyl (C=O) groups is 1. The molecule has 4 nitrogen and oxygen atoms in total. The summed E-state index contributed by atoms with van der Waals surface area (Å²) in [6.07, 6.45) is 6.22. The molecule has 0 aromatic carbocycles. The molecule has 2 atom stereocenters. The number of hydrogen-bond acceptors (Lipinski definition) is 2. The van der Waals surface area contributed by atoms with Crippen molar-refractivity contribution in [1.29, 1.82) is 0 Å². The van der Waals surface area contributed by atoms with Gasteiger partial charge in [0.05, 0.1) is 5.69 Å². The van der Waals surface area contributed by atoms with E-state index in [2.05, 4.69) is 38.1 Å². The molecule has 0 saturated heterocycles. The second-order valence-corrected chi connectivity index (χ2v) is 8.20. The predicted octanol–water partition coefficient (Wildman–Crippen LogP) is 3.69. The SMILES string of the molecule is Cc1nn(C)c(C)c1CCC(=O)NC1CCCCC1C(C)(C)C. The number of nitrogens with one attached hydrogen (secondary N) is 1. The molecule has 0 spiro atoms. The topological polar surface area (TPSA) is 46.9 Å². The molecule has 4 heteroatoms. The lowest BCUT2D eigenvalue weighted by atomic mass is 9.69. The third-order valence-electron chi connectivity index (χ3n) is 5.49. The molecule has 23 heavy (non-hydrogen) atoms.